The monoisotopic (exact) mass is 256 g/mol. The molecule has 98 valence electrons. The molecule has 19 heavy (non-hydrogen) atoms. The quantitative estimate of drug-likeness (QED) is 0.882. The van der Waals surface area contributed by atoms with E-state index in [9.17, 15) is 4.79 Å². The van der Waals surface area contributed by atoms with Gasteiger partial charge in [-0.15, -0.1) is 0 Å². The third-order valence-electron chi connectivity index (χ3n) is 2.76. The van der Waals surface area contributed by atoms with Crippen LogP contribution in [0, 0.1) is 0 Å². The number of benzene rings is 2. The van der Waals surface area contributed by atoms with Gasteiger partial charge in [0.15, 0.2) is 0 Å². The molecule has 4 N–H and O–H groups in total. The first-order valence-corrected chi connectivity index (χ1v) is 5.99. The zero-order chi connectivity index (χ0) is 13.8. The fraction of sp³-hybridized carbons (Fsp3) is 0.133. The van der Waals surface area contributed by atoms with Gasteiger partial charge in [-0.1, -0.05) is 12.1 Å². The van der Waals surface area contributed by atoms with Gasteiger partial charge in [0.2, 0.25) is 5.91 Å². The lowest BCUT2D eigenvalue weighted by atomic mass is 10.1. The summed E-state index contributed by atoms with van der Waals surface area (Å²) in [5.74, 6) is 0.902. The van der Waals surface area contributed by atoms with Gasteiger partial charge in [0.1, 0.15) is 11.5 Å². The zero-order valence-electron chi connectivity index (χ0n) is 10.7. The lowest BCUT2D eigenvalue weighted by molar-refractivity contribution is 0.100. The largest absolute Gasteiger partial charge is 0.457 e. The van der Waals surface area contributed by atoms with Gasteiger partial charge in [0.25, 0.3) is 0 Å². The number of nitrogens with two attached hydrogens (primary N) is 2. The van der Waals surface area contributed by atoms with E-state index in [0.717, 1.165) is 5.56 Å². The molecule has 0 heterocycles. The van der Waals surface area contributed by atoms with E-state index in [2.05, 4.69) is 0 Å². The van der Waals surface area contributed by atoms with Crippen LogP contribution in [0.1, 0.15) is 28.9 Å². The van der Waals surface area contributed by atoms with Gasteiger partial charge < -0.3 is 16.2 Å². The molecule has 0 aliphatic rings. The maximum absolute atomic E-state index is 11.0. The predicted molar refractivity (Wildman–Crippen MR) is 74.1 cm³/mol. The van der Waals surface area contributed by atoms with Crippen molar-refractivity contribution in [3.05, 3.63) is 59.7 Å². The second kappa shape index (κ2) is 5.54. The van der Waals surface area contributed by atoms with Crippen molar-refractivity contribution in [3.8, 4) is 11.5 Å². The fourth-order valence-electron chi connectivity index (χ4n) is 1.68. The van der Waals surface area contributed by atoms with Crippen LogP contribution in [0.15, 0.2) is 48.5 Å². The summed E-state index contributed by atoms with van der Waals surface area (Å²) in [4.78, 5) is 11.0. The Hall–Kier alpha value is -2.33. The van der Waals surface area contributed by atoms with E-state index >= 15 is 0 Å². The molecule has 0 aliphatic carbocycles. The molecule has 2 aromatic rings. The molecule has 1 atom stereocenters. The molecule has 0 aliphatic heterocycles. The van der Waals surface area contributed by atoms with E-state index in [1.807, 2.05) is 31.2 Å². The lowest BCUT2D eigenvalue weighted by Crippen LogP contribution is -2.10. The summed E-state index contributed by atoms with van der Waals surface area (Å²) in [5, 5.41) is 0. The lowest BCUT2D eigenvalue weighted by Gasteiger charge is -2.10. The molecule has 4 nitrogen and oxygen atoms in total. The minimum absolute atomic E-state index is 0.0409. The highest BCUT2D eigenvalue weighted by Gasteiger charge is 2.04. The maximum atomic E-state index is 11.0. The van der Waals surface area contributed by atoms with E-state index < -0.39 is 5.91 Å². The Morgan fingerprint density at radius 1 is 1.11 bits per heavy atom. The Balaban J connectivity index is 2.16. The minimum atomic E-state index is -0.453. The summed E-state index contributed by atoms with van der Waals surface area (Å²) < 4.78 is 5.70. The Labute approximate surface area is 112 Å². The molecule has 0 saturated carbocycles. The van der Waals surface area contributed by atoms with E-state index in [0.29, 0.717) is 17.1 Å². The third-order valence-corrected chi connectivity index (χ3v) is 2.76. The second-order valence-corrected chi connectivity index (χ2v) is 4.35. The summed E-state index contributed by atoms with van der Waals surface area (Å²) in [5.41, 5.74) is 12.5. The Morgan fingerprint density at radius 2 is 1.79 bits per heavy atom. The van der Waals surface area contributed by atoms with Crippen molar-refractivity contribution >= 4 is 5.91 Å². The molecule has 4 heteroatoms. The molecule has 0 aromatic heterocycles. The van der Waals surface area contributed by atoms with Crippen molar-refractivity contribution in [3.63, 3.8) is 0 Å². The highest BCUT2D eigenvalue weighted by atomic mass is 16.5. The van der Waals surface area contributed by atoms with Crippen LogP contribution in [0.2, 0.25) is 0 Å². The third kappa shape index (κ3) is 3.33. The van der Waals surface area contributed by atoms with Crippen LogP contribution in [-0.2, 0) is 0 Å². The number of carbonyl (C=O) groups excluding carboxylic acids is 1. The van der Waals surface area contributed by atoms with Gasteiger partial charge in [0, 0.05) is 11.6 Å². The average molecular weight is 256 g/mol. The van der Waals surface area contributed by atoms with Crippen LogP contribution in [0.3, 0.4) is 0 Å². The van der Waals surface area contributed by atoms with Crippen molar-refractivity contribution in [1.29, 1.82) is 0 Å². The standard InChI is InChI=1S/C15H16N2O2/c1-10(16)12-3-2-4-14(9-12)19-13-7-5-11(6-8-13)15(17)18/h2-10H,16H2,1H3,(H2,17,18). The number of amides is 1. The smallest absolute Gasteiger partial charge is 0.248 e. The molecule has 0 radical (unpaired) electrons. The van der Waals surface area contributed by atoms with Crippen LogP contribution in [-0.4, -0.2) is 5.91 Å². The molecule has 0 bridgehead atoms. The summed E-state index contributed by atoms with van der Waals surface area (Å²) in [6.07, 6.45) is 0. The van der Waals surface area contributed by atoms with Gasteiger partial charge >= 0.3 is 0 Å². The van der Waals surface area contributed by atoms with E-state index in [1.54, 1.807) is 24.3 Å². The molecular weight excluding hydrogens is 240 g/mol. The predicted octanol–water partition coefficient (Wildman–Crippen LogP) is 2.60. The van der Waals surface area contributed by atoms with Crippen molar-refractivity contribution in [2.75, 3.05) is 0 Å². The van der Waals surface area contributed by atoms with Crippen LogP contribution in [0.5, 0.6) is 11.5 Å². The number of primary amides is 1. The van der Waals surface area contributed by atoms with Crippen LogP contribution < -0.4 is 16.2 Å². The average Bonchev–Trinajstić information content (AvgIpc) is 2.39. The second-order valence-electron chi connectivity index (χ2n) is 4.35. The van der Waals surface area contributed by atoms with Gasteiger partial charge in [0.05, 0.1) is 0 Å². The van der Waals surface area contributed by atoms with Gasteiger partial charge in [-0.05, 0) is 48.9 Å². The van der Waals surface area contributed by atoms with E-state index in [-0.39, 0.29) is 6.04 Å². The van der Waals surface area contributed by atoms with Gasteiger partial charge in [-0.25, -0.2) is 0 Å². The van der Waals surface area contributed by atoms with Crippen LogP contribution >= 0.6 is 0 Å². The first-order chi connectivity index (χ1) is 9.06. The van der Waals surface area contributed by atoms with E-state index in [4.69, 9.17) is 16.2 Å². The first kappa shape index (κ1) is 13.1. The van der Waals surface area contributed by atoms with Crippen molar-refractivity contribution in [1.82, 2.24) is 0 Å². The molecular formula is C15H16N2O2. The Morgan fingerprint density at radius 3 is 2.37 bits per heavy atom. The fourth-order valence-corrected chi connectivity index (χ4v) is 1.68. The number of hydrogen-bond acceptors (Lipinski definition) is 3. The summed E-state index contributed by atoms with van der Waals surface area (Å²) in [6, 6.07) is 14.2. The topological polar surface area (TPSA) is 78.3 Å². The Bertz CT molecular complexity index is 577. The normalized spacial score (nSPS) is 11.9. The highest BCUT2D eigenvalue weighted by Crippen LogP contribution is 2.24. The number of carbonyl (C=O) groups is 1. The van der Waals surface area contributed by atoms with Gasteiger partial charge in [-0.3, -0.25) is 4.79 Å². The SMILES string of the molecule is CC(N)c1cccc(Oc2ccc(C(N)=O)cc2)c1. The van der Waals surface area contributed by atoms with Crippen molar-refractivity contribution in [2.24, 2.45) is 11.5 Å². The molecule has 0 saturated heterocycles. The molecule has 2 rings (SSSR count). The number of ether oxygens (including phenoxy) is 1. The van der Waals surface area contributed by atoms with Crippen LogP contribution in [0.25, 0.3) is 0 Å². The van der Waals surface area contributed by atoms with Crippen molar-refractivity contribution in [2.45, 2.75) is 13.0 Å². The summed E-state index contributed by atoms with van der Waals surface area (Å²) in [6.45, 7) is 1.92. The van der Waals surface area contributed by atoms with Crippen LogP contribution in [0.4, 0.5) is 0 Å². The minimum Gasteiger partial charge on any atom is -0.457 e. The first-order valence-electron chi connectivity index (χ1n) is 5.99. The highest BCUT2D eigenvalue weighted by molar-refractivity contribution is 5.92. The molecule has 1 unspecified atom stereocenters. The molecule has 0 spiro atoms. The van der Waals surface area contributed by atoms with Gasteiger partial charge in [-0.2, -0.15) is 0 Å². The Kier molecular flexibility index (Phi) is 3.82. The summed E-state index contributed by atoms with van der Waals surface area (Å²) >= 11 is 0. The number of hydrogen-bond donors (Lipinski definition) is 2. The molecule has 1 amide bonds. The zero-order valence-corrected chi connectivity index (χ0v) is 10.7. The molecule has 2 aromatic carbocycles. The summed E-state index contributed by atoms with van der Waals surface area (Å²) in [7, 11) is 0. The van der Waals surface area contributed by atoms with E-state index in [1.165, 1.54) is 0 Å². The number of rotatable bonds is 4. The van der Waals surface area contributed by atoms with Crippen molar-refractivity contribution < 1.29 is 9.53 Å². The maximum Gasteiger partial charge on any atom is 0.248 e. The molecule has 0 fully saturated rings.